The van der Waals surface area contributed by atoms with Crippen LogP contribution in [0.1, 0.15) is 63.4 Å². The molecule has 3 aromatic heterocycles. The zero-order valence-electron chi connectivity index (χ0n) is 17.1. The summed E-state index contributed by atoms with van der Waals surface area (Å²) in [5.74, 6) is -0.114. The van der Waals surface area contributed by atoms with E-state index in [0.29, 0.717) is 27.7 Å². The van der Waals surface area contributed by atoms with Crippen molar-refractivity contribution < 1.29 is 9.59 Å². The van der Waals surface area contributed by atoms with Crippen LogP contribution in [-0.2, 0) is 12.8 Å². The van der Waals surface area contributed by atoms with Crippen LogP contribution in [0.2, 0.25) is 0 Å². The molecule has 3 heterocycles. The summed E-state index contributed by atoms with van der Waals surface area (Å²) in [4.78, 5) is 31.3. The number of nitrogens with one attached hydrogen (secondary N) is 2. The van der Waals surface area contributed by atoms with E-state index in [1.807, 2.05) is 6.07 Å². The molecule has 1 unspecified atom stereocenters. The fourth-order valence-electron chi connectivity index (χ4n) is 3.87. The average molecular weight is 412 g/mol. The molecule has 1 aliphatic carbocycles. The second-order valence-electron chi connectivity index (χ2n) is 8.62. The molecule has 3 aromatic rings. The maximum Gasteiger partial charge on any atom is 0.279 e. The minimum Gasteiger partial charge on any atom is -0.267 e. The summed E-state index contributed by atoms with van der Waals surface area (Å²) in [7, 11) is 0. The van der Waals surface area contributed by atoms with E-state index in [-0.39, 0.29) is 11.3 Å². The van der Waals surface area contributed by atoms with Gasteiger partial charge in [0, 0.05) is 17.3 Å². The zero-order valence-corrected chi connectivity index (χ0v) is 17.9. The second kappa shape index (κ2) is 7.26. The fraction of sp³-hybridized carbons (Fsp3) is 0.429. The number of nitrogens with zero attached hydrogens (tertiary/aromatic N) is 3. The van der Waals surface area contributed by atoms with Crippen LogP contribution in [0.4, 0.5) is 0 Å². The lowest BCUT2D eigenvalue weighted by atomic mass is 9.72. The van der Waals surface area contributed by atoms with Gasteiger partial charge in [-0.2, -0.15) is 5.10 Å². The van der Waals surface area contributed by atoms with E-state index < -0.39 is 5.91 Å². The molecule has 2 amide bonds. The van der Waals surface area contributed by atoms with Gasteiger partial charge in [-0.15, -0.1) is 11.3 Å². The number of amides is 2. The topological polar surface area (TPSA) is 88.4 Å². The largest absolute Gasteiger partial charge is 0.279 e. The third kappa shape index (κ3) is 3.76. The van der Waals surface area contributed by atoms with Gasteiger partial charge in [-0.3, -0.25) is 20.4 Å². The molecule has 2 N–H and O–H groups in total. The molecule has 1 atom stereocenters. The van der Waals surface area contributed by atoms with Crippen molar-refractivity contribution in [1.82, 2.24) is 25.4 Å². The van der Waals surface area contributed by atoms with Crippen molar-refractivity contribution >= 4 is 28.8 Å². The van der Waals surface area contributed by atoms with Gasteiger partial charge in [0.2, 0.25) is 0 Å². The molecule has 0 saturated carbocycles. The third-order valence-corrected chi connectivity index (χ3v) is 6.85. The Kier molecular flexibility index (Phi) is 4.90. The number of thiophene rings is 1. The molecule has 0 saturated heterocycles. The summed E-state index contributed by atoms with van der Waals surface area (Å²) in [6, 6.07) is 3.72. The highest BCUT2D eigenvalue weighted by Crippen LogP contribution is 2.40. The lowest BCUT2D eigenvalue weighted by molar-refractivity contribution is 0.0849. The Morgan fingerprint density at radius 2 is 2.00 bits per heavy atom. The number of aromatic nitrogens is 3. The molecule has 8 heteroatoms. The molecule has 0 aliphatic heterocycles. The summed E-state index contributed by atoms with van der Waals surface area (Å²) in [6.45, 7) is 8.56. The van der Waals surface area contributed by atoms with Crippen molar-refractivity contribution in [3.63, 3.8) is 0 Å². The molecule has 29 heavy (non-hydrogen) atoms. The van der Waals surface area contributed by atoms with Crippen molar-refractivity contribution in [1.29, 1.82) is 0 Å². The number of fused-ring (bicyclic) bond motifs is 2. The van der Waals surface area contributed by atoms with Gasteiger partial charge in [0.25, 0.3) is 11.8 Å². The van der Waals surface area contributed by atoms with Gasteiger partial charge in [-0.1, -0.05) is 20.8 Å². The number of rotatable bonds is 2. The van der Waals surface area contributed by atoms with Crippen molar-refractivity contribution in [2.75, 3.05) is 0 Å². The lowest BCUT2D eigenvalue weighted by Crippen LogP contribution is -2.41. The fourth-order valence-corrected chi connectivity index (χ4v) is 4.98. The molecular formula is C21H25N5O2S. The minimum atomic E-state index is -0.432. The van der Waals surface area contributed by atoms with Gasteiger partial charge in [-0.05, 0) is 55.2 Å². The van der Waals surface area contributed by atoms with Gasteiger partial charge in [-0.25, -0.2) is 9.50 Å². The molecule has 0 spiro atoms. The maximum absolute atomic E-state index is 12.6. The lowest BCUT2D eigenvalue weighted by Gasteiger charge is -2.33. The van der Waals surface area contributed by atoms with E-state index in [4.69, 9.17) is 0 Å². The second-order valence-corrected chi connectivity index (χ2v) is 9.76. The molecular weight excluding hydrogens is 386 g/mol. The first kappa shape index (κ1) is 19.6. The van der Waals surface area contributed by atoms with Crippen LogP contribution in [0, 0.1) is 18.3 Å². The maximum atomic E-state index is 12.6. The Hall–Kier alpha value is -2.74. The van der Waals surface area contributed by atoms with Crippen molar-refractivity contribution in [3.8, 4) is 0 Å². The van der Waals surface area contributed by atoms with Crippen molar-refractivity contribution in [2.45, 2.75) is 47.0 Å². The summed E-state index contributed by atoms with van der Waals surface area (Å²) < 4.78 is 1.55. The van der Waals surface area contributed by atoms with Crippen LogP contribution in [0.3, 0.4) is 0 Å². The monoisotopic (exact) mass is 411 g/mol. The van der Waals surface area contributed by atoms with Gasteiger partial charge in [0.1, 0.15) is 5.56 Å². The van der Waals surface area contributed by atoms with E-state index in [0.717, 1.165) is 19.3 Å². The van der Waals surface area contributed by atoms with Crippen LogP contribution < -0.4 is 10.9 Å². The van der Waals surface area contributed by atoms with E-state index >= 15 is 0 Å². The number of hydrogen-bond donors (Lipinski definition) is 2. The minimum absolute atomic E-state index is 0.260. The van der Waals surface area contributed by atoms with E-state index in [2.05, 4.69) is 41.7 Å². The van der Waals surface area contributed by atoms with Crippen LogP contribution in [0.5, 0.6) is 0 Å². The smallest absolute Gasteiger partial charge is 0.267 e. The summed E-state index contributed by atoms with van der Waals surface area (Å²) >= 11 is 1.52. The SMILES string of the molecule is Cc1nn2cccnc2c1C(=O)NNC(=O)c1cc2c(s1)CCC(C(C)(C)C)C2. The average Bonchev–Trinajstić information content (AvgIpc) is 3.24. The number of carbonyl (C=O) groups is 2. The number of carbonyl (C=O) groups excluding carboxylic acids is 2. The van der Waals surface area contributed by atoms with E-state index in [9.17, 15) is 9.59 Å². The van der Waals surface area contributed by atoms with E-state index in [1.54, 1.807) is 29.9 Å². The summed E-state index contributed by atoms with van der Waals surface area (Å²) in [5.41, 5.74) is 7.92. The Morgan fingerprint density at radius 3 is 2.76 bits per heavy atom. The normalized spacial score (nSPS) is 16.5. The first-order valence-electron chi connectivity index (χ1n) is 9.76. The molecule has 0 aromatic carbocycles. The summed E-state index contributed by atoms with van der Waals surface area (Å²) in [6.07, 6.45) is 6.49. The zero-order chi connectivity index (χ0) is 20.8. The molecule has 152 valence electrons. The Balaban J connectivity index is 1.45. The third-order valence-electron chi connectivity index (χ3n) is 5.62. The van der Waals surface area contributed by atoms with Gasteiger partial charge in [0.15, 0.2) is 5.65 Å². The predicted molar refractivity (Wildman–Crippen MR) is 112 cm³/mol. The first-order valence-corrected chi connectivity index (χ1v) is 10.6. The number of hydrogen-bond acceptors (Lipinski definition) is 5. The van der Waals surface area contributed by atoms with E-state index in [1.165, 1.54) is 21.8 Å². The number of hydrazine groups is 1. The molecule has 1 aliphatic rings. The molecule has 0 fully saturated rings. The molecule has 0 bridgehead atoms. The Bertz CT molecular complexity index is 1090. The molecule has 0 radical (unpaired) electrons. The Labute approximate surface area is 173 Å². The van der Waals surface area contributed by atoms with Crippen molar-refractivity contribution in [2.24, 2.45) is 11.3 Å². The highest BCUT2D eigenvalue weighted by atomic mass is 32.1. The van der Waals surface area contributed by atoms with Gasteiger partial charge >= 0.3 is 0 Å². The van der Waals surface area contributed by atoms with Crippen LogP contribution in [0.15, 0.2) is 24.5 Å². The van der Waals surface area contributed by atoms with Gasteiger partial charge < -0.3 is 0 Å². The highest BCUT2D eigenvalue weighted by Gasteiger charge is 2.30. The Morgan fingerprint density at radius 1 is 1.24 bits per heavy atom. The molecule has 7 nitrogen and oxygen atoms in total. The van der Waals surface area contributed by atoms with Crippen LogP contribution in [0.25, 0.3) is 5.65 Å². The number of aryl methyl sites for hydroxylation is 2. The summed E-state index contributed by atoms with van der Waals surface area (Å²) in [5, 5.41) is 4.27. The van der Waals surface area contributed by atoms with Gasteiger partial charge in [0.05, 0.1) is 10.6 Å². The first-order chi connectivity index (χ1) is 13.7. The predicted octanol–water partition coefficient (Wildman–Crippen LogP) is 3.33. The highest BCUT2D eigenvalue weighted by molar-refractivity contribution is 7.14. The van der Waals surface area contributed by atoms with Crippen LogP contribution in [-0.4, -0.2) is 26.4 Å². The van der Waals surface area contributed by atoms with Crippen molar-refractivity contribution in [3.05, 3.63) is 51.1 Å². The standard InChI is InChI=1S/C21H25N5O2S/c1-12-17(18-22-8-5-9-26(18)25-12)20(28)24-23-19(27)16-11-13-10-14(21(2,3)4)6-7-15(13)29-16/h5,8-9,11,14H,6-7,10H2,1-4H3,(H,23,27)(H,24,28). The molecule has 4 rings (SSSR count). The quantitative estimate of drug-likeness (QED) is 0.633. The van der Waals surface area contributed by atoms with Crippen LogP contribution >= 0.6 is 11.3 Å².